The van der Waals surface area contributed by atoms with Crippen molar-refractivity contribution in [2.75, 3.05) is 0 Å². The van der Waals surface area contributed by atoms with Gasteiger partial charge in [0.05, 0.1) is 6.57 Å². The number of hydrogen-bond acceptors (Lipinski definition) is 1. The Morgan fingerprint density at radius 3 is 2.29 bits per heavy atom. The summed E-state index contributed by atoms with van der Waals surface area (Å²) in [6, 6.07) is 9.02. The quantitative estimate of drug-likeness (QED) is 0.527. The van der Waals surface area contributed by atoms with Gasteiger partial charge < -0.3 is 0 Å². The van der Waals surface area contributed by atoms with Crippen molar-refractivity contribution in [3.05, 3.63) is 57.6 Å². The van der Waals surface area contributed by atoms with E-state index in [9.17, 15) is 0 Å². The Kier molecular flexibility index (Phi) is 3.33. The SMILES string of the molecule is [C-]#[N+]c1ccc(-c2cc(Cl)nc(Cl)c2)c(C)c1. The normalized spacial score (nSPS) is 10.0. The molecular formula is C13H8Cl2N2. The van der Waals surface area contributed by atoms with Gasteiger partial charge in [0.25, 0.3) is 0 Å². The third kappa shape index (κ3) is 2.58. The van der Waals surface area contributed by atoms with Crippen molar-refractivity contribution < 1.29 is 0 Å². The molecule has 2 aromatic rings. The maximum Gasteiger partial charge on any atom is 0.187 e. The summed E-state index contributed by atoms with van der Waals surface area (Å²) in [5.74, 6) is 0. The van der Waals surface area contributed by atoms with Crippen molar-refractivity contribution in [3.63, 3.8) is 0 Å². The predicted molar refractivity (Wildman–Crippen MR) is 70.7 cm³/mol. The first-order valence-electron chi connectivity index (χ1n) is 4.92. The van der Waals surface area contributed by atoms with Crippen LogP contribution in [-0.4, -0.2) is 4.98 Å². The maximum atomic E-state index is 6.96. The molecule has 0 saturated heterocycles. The van der Waals surface area contributed by atoms with E-state index in [1.54, 1.807) is 18.2 Å². The molecule has 0 amide bonds. The number of rotatable bonds is 1. The van der Waals surface area contributed by atoms with E-state index < -0.39 is 0 Å². The van der Waals surface area contributed by atoms with Crippen LogP contribution in [0.15, 0.2) is 30.3 Å². The van der Waals surface area contributed by atoms with Crippen LogP contribution in [0.3, 0.4) is 0 Å². The topological polar surface area (TPSA) is 17.2 Å². The van der Waals surface area contributed by atoms with Gasteiger partial charge in [0.1, 0.15) is 10.3 Å². The highest BCUT2D eigenvalue weighted by atomic mass is 35.5. The zero-order valence-electron chi connectivity index (χ0n) is 9.04. The van der Waals surface area contributed by atoms with Crippen molar-refractivity contribution in [3.8, 4) is 11.1 Å². The molecule has 0 unspecified atom stereocenters. The summed E-state index contributed by atoms with van der Waals surface area (Å²) in [6.07, 6.45) is 0. The third-order valence-electron chi connectivity index (χ3n) is 2.41. The Morgan fingerprint density at radius 2 is 1.76 bits per heavy atom. The van der Waals surface area contributed by atoms with Crippen molar-refractivity contribution in [1.29, 1.82) is 0 Å². The lowest BCUT2D eigenvalue weighted by Crippen LogP contribution is -1.85. The van der Waals surface area contributed by atoms with Gasteiger partial charge in [-0.2, -0.15) is 0 Å². The average Bonchev–Trinajstić information content (AvgIpc) is 2.27. The Labute approximate surface area is 110 Å². The third-order valence-corrected chi connectivity index (χ3v) is 2.80. The standard InChI is InChI=1S/C13H8Cl2N2/c1-8-5-10(16-2)3-4-11(8)9-6-12(14)17-13(15)7-9/h3-7H,1H3. The van der Waals surface area contributed by atoms with Crippen LogP contribution < -0.4 is 0 Å². The molecule has 0 aliphatic heterocycles. The average molecular weight is 263 g/mol. The Bertz CT molecular complexity index is 595. The van der Waals surface area contributed by atoms with E-state index in [-0.39, 0.29) is 0 Å². The van der Waals surface area contributed by atoms with Gasteiger partial charge >= 0.3 is 0 Å². The van der Waals surface area contributed by atoms with Crippen LogP contribution in [0.2, 0.25) is 10.3 Å². The molecule has 4 heteroatoms. The molecule has 1 heterocycles. The van der Waals surface area contributed by atoms with Crippen LogP contribution in [0, 0.1) is 13.5 Å². The molecule has 1 aromatic carbocycles. The van der Waals surface area contributed by atoms with Crippen molar-refractivity contribution in [2.45, 2.75) is 6.92 Å². The number of hydrogen-bond donors (Lipinski definition) is 0. The van der Waals surface area contributed by atoms with Gasteiger partial charge in [-0.3, -0.25) is 0 Å². The fraction of sp³-hybridized carbons (Fsp3) is 0.0769. The van der Waals surface area contributed by atoms with Crippen molar-refractivity contribution in [1.82, 2.24) is 4.98 Å². The van der Waals surface area contributed by atoms with Gasteiger partial charge in [-0.05, 0) is 30.2 Å². The van der Waals surface area contributed by atoms with E-state index in [0.29, 0.717) is 16.0 Å². The molecule has 84 valence electrons. The summed E-state index contributed by atoms with van der Waals surface area (Å²) in [7, 11) is 0. The molecule has 0 atom stereocenters. The van der Waals surface area contributed by atoms with E-state index in [1.165, 1.54) is 0 Å². The van der Waals surface area contributed by atoms with E-state index in [0.717, 1.165) is 16.7 Å². The Hall–Kier alpha value is -1.56. The van der Waals surface area contributed by atoms with Gasteiger partial charge in [-0.15, -0.1) is 0 Å². The number of benzene rings is 1. The summed E-state index contributed by atoms with van der Waals surface area (Å²) in [4.78, 5) is 7.29. The van der Waals surface area contributed by atoms with Crippen molar-refractivity contribution >= 4 is 28.9 Å². The molecule has 0 N–H and O–H groups in total. The van der Waals surface area contributed by atoms with Gasteiger partial charge in [0, 0.05) is 0 Å². The molecule has 0 aliphatic carbocycles. The highest BCUT2D eigenvalue weighted by molar-refractivity contribution is 6.32. The fourth-order valence-corrected chi connectivity index (χ4v) is 2.12. The molecule has 2 rings (SSSR count). The monoisotopic (exact) mass is 262 g/mol. The van der Waals surface area contributed by atoms with Gasteiger partial charge in [-0.25, -0.2) is 9.83 Å². The lowest BCUT2D eigenvalue weighted by atomic mass is 10.0. The van der Waals surface area contributed by atoms with Crippen LogP contribution in [0.5, 0.6) is 0 Å². The Morgan fingerprint density at radius 1 is 1.12 bits per heavy atom. The first-order valence-corrected chi connectivity index (χ1v) is 5.67. The highest BCUT2D eigenvalue weighted by Gasteiger charge is 2.06. The second kappa shape index (κ2) is 4.75. The van der Waals surface area contributed by atoms with Crippen LogP contribution in [0.25, 0.3) is 16.0 Å². The van der Waals surface area contributed by atoms with E-state index in [1.807, 2.05) is 19.1 Å². The first-order chi connectivity index (χ1) is 8.10. The lowest BCUT2D eigenvalue weighted by molar-refractivity contribution is 1.32. The van der Waals surface area contributed by atoms with Crippen LogP contribution in [0.1, 0.15) is 5.56 Å². The minimum absolute atomic E-state index is 0.362. The smallest absolute Gasteiger partial charge is 0.187 e. The number of halogens is 2. The first kappa shape index (κ1) is 11.9. The summed E-state index contributed by atoms with van der Waals surface area (Å²) in [6.45, 7) is 8.91. The van der Waals surface area contributed by atoms with Gasteiger partial charge in [0.2, 0.25) is 0 Å². The molecule has 0 aliphatic rings. The Balaban J connectivity index is 2.57. The number of aryl methyl sites for hydroxylation is 1. The molecule has 2 nitrogen and oxygen atoms in total. The minimum atomic E-state index is 0.362. The maximum absolute atomic E-state index is 6.96. The molecule has 0 bridgehead atoms. The molecule has 1 aromatic heterocycles. The fourth-order valence-electron chi connectivity index (χ4n) is 1.66. The molecule has 0 fully saturated rings. The summed E-state index contributed by atoms with van der Waals surface area (Å²) >= 11 is 11.7. The molecule has 17 heavy (non-hydrogen) atoms. The number of pyridine rings is 1. The van der Waals surface area contributed by atoms with E-state index in [4.69, 9.17) is 29.8 Å². The van der Waals surface area contributed by atoms with Crippen molar-refractivity contribution in [2.24, 2.45) is 0 Å². The second-order valence-corrected chi connectivity index (χ2v) is 4.39. The van der Waals surface area contributed by atoms with Crippen LogP contribution in [-0.2, 0) is 0 Å². The van der Waals surface area contributed by atoms with Gasteiger partial charge in [0.15, 0.2) is 5.69 Å². The van der Waals surface area contributed by atoms with Crippen LogP contribution >= 0.6 is 23.2 Å². The number of nitrogens with zero attached hydrogens (tertiary/aromatic N) is 2. The predicted octanol–water partition coefficient (Wildman–Crippen LogP) is 4.91. The van der Waals surface area contributed by atoms with E-state index in [2.05, 4.69) is 9.83 Å². The second-order valence-electron chi connectivity index (χ2n) is 3.61. The minimum Gasteiger partial charge on any atom is -0.238 e. The zero-order valence-corrected chi connectivity index (χ0v) is 10.5. The van der Waals surface area contributed by atoms with Gasteiger partial charge in [-0.1, -0.05) is 47.0 Å². The van der Waals surface area contributed by atoms with E-state index >= 15 is 0 Å². The number of aromatic nitrogens is 1. The summed E-state index contributed by atoms with van der Waals surface area (Å²) in [5, 5.41) is 0.724. The summed E-state index contributed by atoms with van der Waals surface area (Å²) < 4.78 is 0. The largest absolute Gasteiger partial charge is 0.238 e. The molecule has 0 spiro atoms. The summed E-state index contributed by atoms with van der Waals surface area (Å²) in [5.41, 5.74) is 3.54. The lowest BCUT2D eigenvalue weighted by Gasteiger charge is -2.07. The molecular weight excluding hydrogens is 255 g/mol. The zero-order chi connectivity index (χ0) is 12.4. The van der Waals surface area contributed by atoms with Crippen LogP contribution in [0.4, 0.5) is 5.69 Å². The highest BCUT2D eigenvalue weighted by Crippen LogP contribution is 2.29. The molecule has 0 radical (unpaired) electrons. The molecule has 0 saturated carbocycles.